The van der Waals surface area contributed by atoms with Crippen LogP contribution in [0.2, 0.25) is 0 Å². The molecule has 2 aromatic rings. The Morgan fingerprint density at radius 2 is 1.77 bits per heavy atom. The molecule has 0 spiro atoms. The number of amides is 2. The molecule has 0 saturated heterocycles. The van der Waals surface area contributed by atoms with Crippen LogP contribution in [-0.4, -0.2) is 30.1 Å². The molecule has 0 heterocycles. The molecule has 0 aromatic heterocycles. The Hall–Kier alpha value is -2.17. The van der Waals surface area contributed by atoms with Crippen LogP contribution in [0.15, 0.2) is 51.4 Å². The highest BCUT2D eigenvalue weighted by Crippen LogP contribution is 2.28. The number of hydrogen-bond donors (Lipinski definition) is 3. The smallest absolute Gasteiger partial charge is 0.276 e. The third-order valence-corrected chi connectivity index (χ3v) is 4.82. The molecule has 0 bridgehead atoms. The number of hydrazine groups is 1. The largest absolute Gasteiger partial charge is 0.492 e. The zero-order valence-corrected chi connectivity index (χ0v) is 20.3. The maximum atomic E-state index is 12.5. The van der Waals surface area contributed by atoms with Crippen molar-refractivity contribution in [2.45, 2.75) is 13.8 Å². The van der Waals surface area contributed by atoms with Gasteiger partial charge >= 0.3 is 0 Å². The summed E-state index contributed by atoms with van der Waals surface area (Å²) in [5.41, 5.74) is 5.19. The van der Waals surface area contributed by atoms with E-state index in [2.05, 4.69) is 48.0 Å². The Morgan fingerprint density at radius 1 is 1.03 bits per heavy atom. The van der Waals surface area contributed by atoms with Gasteiger partial charge in [-0.25, -0.2) is 0 Å². The van der Waals surface area contributed by atoms with Crippen LogP contribution in [0.25, 0.3) is 0 Å². The monoisotopic (exact) mass is 557 g/mol. The summed E-state index contributed by atoms with van der Waals surface area (Å²) in [7, 11) is 0. The Morgan fingerprint density at radius 3 is 2.47 bits per heavy atom. The second-order valence-electron chi connectivity index (χ2n) is 6.52. The van der Waals surface area contributed by atoms with E-state index < -0.39 is 11.8 Å². The van der Waals surface area contributed by atoms with Crippen molar-refractivity contribution in [1.82, 2.24) is 16.2 Å². The lowest BCUT2D eigenvalue weighted by molar-refractivity contribution is -0.123. The van der Waals surface area contributed by atoms with Gasteiger partial charge in [-0.2, -0.15) is 0 Å². The number of hydrogen-bond acceptors (Lipinski definition) is 5. The number of ether oxygens (including phenoxy) is 2. The van der Waals surface area contributed by atoms with Crippen molar-refractivity contribution in [3.8, 4) is 11.5 Å². The van der Waals surface area contributed by atoms with E-state index in [9.17, 15) is 9.59 Å². The summed E-state index contributed by atoms with van der Waals surface area (Å²) in [6, 6.07) is 12.2. The van der Waals surface area contributed by atoms with Gasteiger partial charge in [0, 0.05) is 4.47 Å². The zero-order chi connectivity index (χ0) is 22.1. The molecule has 2 amide bonds. The molecule has 160 valence electrons. The van der Waals surface area contributed by atoms with Crippen LogP contribution in [0.1, 0.15) is 24.2 Å². The van der Waals surface area contributed by atoms with E-state index >= 15 is 0 Å². The summed E-state index contributed by atoms with van der Waals surface area (Å²) >= 11 is 11.8. The summed E-state index contributed by atoms with van der Waals surface area (Å²) in [5.74, 6) is 0.379. The van der Waals surface area contributed by atoms with Gasteiger partial charge in [-0.05, 0) is 64.4 Å². The van der Waals surface area contributed by atoms with Gasteiger partial charge < -0.3 is 9.47 Å². The van der Waals surface area contributed by atoms with Gasteiger partial charge in [0.1, 0.15) is 11.5 Å². The third kappa shape index (κ3) is 7.92. The van der Waals surface area contributed by atoms with Gasteiger partial charge in [-0.15, -0.1) is 0 Å². The van der Waals surface area contributed by atoms with Gasteiger partial charge in [0.2, 0.25) is 0 Å². The Kier molecular flexibility index (Phi) is 9.54. The van der Waals surface area contributed by atoms with Crippen LogP contribution in [0, 0.1) is 5.92 Å². The van der Waals surface area contributed by atoms with Crippen molar-refractivity contribution in [1.29, 1.82) is 0 Å². The van der Waals surface area contributed by atoms with Crippen LogP contribution in [0.5, 0.6) is 11.5 Å². The van der Waals surface area contributed by atoms with E-state index in [1.165, 1.54) is 0 Å². The fourth-order valence-electron chi connectivity index (χ4n) is 2.14. The van der Waals surface area contributed by atoms with E-state index in [-0.39, 0.29) is 11.7 Å². The van der Waals surface area contributed by atoms with Gasteiger partial charge in [0.15, 0.2) is 11.7 Å². The lowest BCUT2D eigenvalue weighted by Gasteiger charge is -2.14. The first kappa shape index (κ1) is 24.1. The number of thiocarbonyl (C=S) groups is 1. The van der Waals surface area contributed by atoms with Gasteiger partial charge in [0.25, 0.3) is 11.8 Å². The molecule has 30 heavy (non-hydrogen) atoms. The maximum Gasteiger partial charge on any atom is 0.276 e. The molecule has 0 aliphatic rings. The highest BCUT2D eigenvalue weighted by atomic mass is 79.9. The summed E-state index contributed by atoms with van der Waals surface area (Å²) in [6.45, 7) is 4.28. The van der Waals surface area contributed by atoms with Gasteiger partial charge in [-0.3, -0.25) is 25.8 Å². The number of benzene rings is 2. The fraction of sp³-hybridized carbons (Fsp3) is 0.250. The molecule has 0 unspecified atom stereocenters. The molecule has 0 aliphatic carbocycles. The molecular weight excluding hydrogens is 538 g/mol. The van der Waals surface area contributed by atoms with Crippen molar-refractivity contribution in [2.24, 2.45) is 5.92 Å². The fourth-order valence-corrected chi connectivity index (χ4v) is 3.44. The molecule has 0 aliphatic heterocycles. The predicted molar refractivity (Wildman–Crippen MR) is 125 cm³/mol. The first-order chi connectivity index (χ1) is 14.3. The molecular formula is C20H21Br2N3O4S. The van der Waals surface area contributed by atoms with Crippen molar-refractivity contribution >= 4 is 61.0 Å². The highest BCUT2D eigenvalue weighted by Gasteiger charge is 2.14. The normalized spacial score (nSPS) is 10.3. The SMILES string of the molecule is CC(C)COc1ccccc1C(=O)NC(=S)NNC(=O)COc1ccc(Br)cc1Br. The minimum Gasteiger partial charge on any atom is -0.492 e. The lowest BCUT2D eigenvalue weighted by Crippen LogP contribution is -2.49. The van der Waals surface area contributed by atoms with Crippen molar-refractivity contribution in [2.75, 3.05) is 13.2 Å². The van der Waals surface area contributed by atoms with Crippen molar-refractivity contribution in [3.05, 3.63) is 57.0 Å². The molecule has 0 saturated carbocycles. The second kappa shape index (κ2) is 11.9. The molecule has 10 heteroatoms. The van der Waals surface area contributed by atoms with Crippen LogP contribution in [0.3, 0.4) is 0 Å². The zero-order valence-electron chi connectivity index (χ0n) is 16.3. The summed E-state index contributed by atoms with van der Waals surface area (Å²) in [6.07, 6.45) is 0. The molecule has 0 radical (unpaired) electrons. The molecule has 0 fully saturated rings. The maximum absolute atomic E-state index is 12.5. The second-order valence-corrected chi connectivity index (χ2v) is 8.70. The van der Waals surface area contributed by atoms with E-state index in [0.717, 1.165) is 4.47 Å². The number of para-hydroxylation sites is 1. The van der Waals surface area contributed by atoms with Gasteiger partial charge in [0.05, 0.1) is 16.6 Å². The van der Waals surface area contributed by atoms with E-state index in [1.807, 2.05) is 13.8 Å². The minimum atomic E-state index is -0.470. The molecule has 3 N–H and O–H groups in total. The van der Waals surface area contributed by atoms with Crippen molar-refractivity contribution in [3.63, 3.8) is 0 Å². The Bertz CT molecular complexity index is 925. The minimum absolute atomic E-state index is 0.0585. The summed E-state index contributed by atoms with van der Waals surface area (Å²) in [4.78, 5) is 24.4. The lowest BCUT2D eigenvalue weighted by atomic mass is 10.2. The first-order valence-electron chi connectivity index (χ1n) is 8.96. The number of nitrogens with one attached hydrogen (secondary N) is 3. The van der Waals surface area contributed by atoms with Crippen LogP contribution < -0.4 is 25.6 Å². The number of rotatable bonds is 7. The number of carbonyl (C=O) groups excluding carboxylic acids is 2. The topological polar surface area (TPSA) is 88.7 Å². The number of carbonyl (C=O) groups is 2. The average Bonchev–Trinajstić information content (AvgIpc) is 2.70. The molecule has 2 rings (SSSR count). The molecule has 2 aromatic carbocycles. The third-order valence-electron chi connectivity index (χ3n) is 3.50. The first-order valence-corrected chi connectivity index (χ1v) is 11.0. The molecule has 7 nitrogen and oxygen atoms in total. The Balaban J connectivity index is 1.81. The quantitative estimate of drug-likeness (QED) is 0.352. The van der Waals surface area contributed by atoms with Crippen LogP contribution in [-0.2, 0) is 4.79 Å². The van der Waals surface area contributed by atoms with Gasteiger partial charge in [-0.1, -0.05) is 41.9 Å². The summed E-state index contributed by atoms with van der Waals surface area (Å²) in [5, 5.41) is 2.44. The average molecular weight is 559 g/mol. The standard InChI is InChI=1S/C20H21Br2N3O4S/c1-12(2)10-28-16-6-4-3-5-14(16)19(27)23-20(30)25-24-18(26)11-29-17-8-7-13(21)9-15(17)22/h3-9,12H,10-11H2,1-2H3,(H,24,26)(H2,23,25,27,30). The van der Waals surface area contributed by atoms with Crippen LogP contribution >= 0.6 is 44.1 Å². The number of halogens is 2. The highest BCUT2D eigenvalue weighted by molar-refractivity contribution is 9.11. The van der Waals surface area contributed by atoms with Crippen molar-refractivity contribution < 1.29 is 19.1 Å². The van der Waals surface area contributed by atoms with E-state index in [4.69, 9.17) is 21.7 Å². The Labute approximate surface area is 197 Å². The van der Waals surface area contributed by atoms with Crippen LogP contribution in [0.4, 0.5) is 0 Å². The predicted octanol–water partition coefficient (Wildman–Crippen LogP) is 3.96. The van der Waals surface area contributed by atoms with E-state index in [1.54, 1.807) is 42.5 Å². The summed E-state index contributed by atoms with van der Waals surface area (Å²) < 4.78 is 12.7. The van der Waals surface area contributed by atoms with E-state index in [0.29, 0.717) is 34.1 Å². The molecule has 0 atom stereocenters.